The van der Waals surface area contributed by atoms with Gasteiger partial charge < -0.3 is 5.73 Å². The van der Waals surface area contributed by atoms with E-state index < -0.39 is 17.2 Å². The van der Waals surface area contributed by atoms with Gasteiger partial charge in [-0.05, 0) is 83.8 Å². The van der Waals surface area contributed by atoms with Crippen molar-refractivity contribution in [3.05, 3.63) is 33.8 Å². The number of fused-ring (bicyclic) bond motifs is 5. The van der Waals surface area contributed by atoms with Crippen LogP contribution < -0.4 is 5.73 Å². The molecule has 2 N–H and O–H groups in total. The van der Waals surface area contributed by atoms with Gasteiger partial charge in [0.15, 0.2) is 0 Å². The summed E-state index contributed by atoms with van der Waals surface area (Å²) in [5, 5.41) is 0. The molecular formula is C17H20BrF2N. The molecule has 21 heavy (non-hydrogen) atoms. The molecule has 114 valence electrons. The average molecular weight is 356 g/mol. The average Bonchev–Trinajstić information content (AvgIpc) is 3.10. The van der Waals surface area contributed by atoms with Gasteiger partial charge in [0, 0.05) is 11.1 Å². The van der Waals surface area contributed by atoms with Crippen molar-refractivity contribution in [2.24, 2.45) is 29.4 Å². The molecule has 1 aromatic carbocycles. The molecular weight excluding hydrogens is 336 g/mol. The van der Waals surface area contributed by atoms with Gasteiger partial charge in [0.1, 0.15) is 11.6 Å². The van der Waals surface area contributed by atoms with Crippen LogP contribution in [0.1, 0.15) is 37.7 Å². The third kappa shape index (κ3) is 2.02. The number of halogens is 3. The van der Waals surface area contributed by atoms with Crippen molar-refractivity contribution in [3.8, 4) is 0 Å². The lowest BCUT2D eigenvalue weighted by Gasteiger charge is -2.40. The predicted octanol–water partition coefficient (Wildman–Crippen LogP) is 4.42. The normalized spacial score (nSPS) is 40.8. The van der Waals surface area contributed by atoms with Gasteiger partial charge in [-0.2, -0.15) is 0 Å². The Labute approximate surface area is 132 Å². The summed E-state index contributed by atoms with van der Waals surface area (Å²) in [7, 11) is 0. The van der Waals surface area contributed by atoms with E-state index in [2.05, 4.69) is 15.9 Å². The number of nitrogens with two attached hydrogens (primary N) is 1. The lowest BCUT2D eigenvalue weighted by atomic mass is 9.69. The van der Waals surface area contributed by atoms with Crippen molar-refractivity contribution in [3.63, 3.8) is 0 Å². The maximum Gasteiger partial charge on any atom is 0.143 e. The number of hydrogen-bond acceptors (Lipinski definition) is 1. The van der Waals surface area contributed by atoms with E-state index in [9.17, 15) is 8.78 Å². The summed E-state index contributed by atoms with van der Waals surface area (Å²) < 4.78 is 28.6. The molecule has 2 bridgehead atoms. The lowest BCUT2D eigenvalue weighted by molar-refractivity contribution is 0.154. The Balaban J connectivity index is 1.65. The first-order chi connectivity index (χ1) is 9.99. The molecule has 3 aliphatic carbocycles. The summed E-state index contributed by atoms with van der Waals surface area (Å²) in [5.74, 6) is 1.73. The molecule has 1 nitrogen and oxygen atoms in total. The van der Waals surface area contributed by atoms with Crippen LogP contribution in [0.15, 0.2) is 16.6 Å². The first kappa shape index (κ1) is 14.1. The second-order valence-electron chi connectivity index (χ2n) is 7.30. The predicted molar refractivity (Wildman–Crippen MR) is 81.7 cm³/mol. The number of hydrogen-bond donors (Lipinski definition) is 1. The zero-order valence-electron chi connectivity index (χ0n) is 11.9. The maximum atomic E-state index is 14.3. The van der Waals surface area contributed by atoms with Crippen molar-refractivity contribution >= 4 is 15.9 Å². The van der Waals surface area contributed by atoms with E-state index in [-0.39, 0.29) is 5.56 Å². The molecule has 0 saturated heterocycles. The molecule has 0 amide bonds. The van der Waals surface area contributed by atoms with Crippen LogP contribution in [0, 0.1) is 35.3 Å². The molecule has 4 heteroatoms. The van der Waals surface area contributed by atoms with E-state index in [1.807, 2.05) is 0 Å². The smallest absolute Gasteiger partial charge is 0.143 e. The minimum absolute atomic E-state index is 0.161. The highest BCUT2D eigenvalue weighted by Gasteiger charge is 2.59. The van der Waals surface area contributed by atoms with Crippen molar-refractivity contribution in [2.45, 2.75) is 44.1 Å². The molecule has 0 heterocycles. The minimum atomic E-state index is -0.481. The Morgan fingerprint density at radius 3 is 2.81 bits per heavy atom. The van der Waals surface area contributed by atoms with Gasteiger partial charge in [0.25, 0.3) is 0 Å². The standard InChI is InChI=1S/C17H20BrF2N/c18-14-4-5-15(19)12(16(14)20)8-17(21)7-9-6-13(17)11-3-1-2-10(9)11/h4-5,9-11,13H,1-3,6-8,21H2. The third-order valence-corrected chi connectivity index (χ3v) is 6.94. The molecule has 3 saturated carbocycles. The van der Waals surface area contributed by atoms with Crippen LogP contribution in [0.25, 0.3) is 0 Å². The summed E-state index contributed by atoms with van der Waals surface area (Å²) in [6.07, 6.45) is 6.33. The molecule has 3 aliphatic rings. The molecule has 3 fully saturated rings. The first-order valence-corrected chi connectivity index (χ1v) is 8.70. The van der Waals surface area contributed by atoms with E-state index in [1.165, 1.54) is 37.8 Å². The molecule has 4 rings (SSSR count). The molecule has 5 unspecified atom stereocenters. The largest absolute Gasteiger partial charge is 0.325 e. The van der Waals surface area contributed by atoms with E-state index in [4.69, 9.17) is 5.73 Å². The summed E-state index contributed by atoms with van der Waals surface area (Å²) in [4.78, 5) is 0. The SMILES string of the molecule is NC1(Cc2c(F)ccc(Br)c2F)CC2CC1C1CCCC21. The third-order valence-electron chi connectivity index (χ3n) is 6.33. The van der Waals surface area contributed by atoms with Crippen molar-refractivity contribution in [2.75, 3.05) is 0 Å². The second-order valence-corrected chi connectivity index (χ2v) is 8.15. The van der Waals surface area contributed by atoms with Crippen LogP contribution in [0.4, 0.5) is 8.78 Å². The Morgan fingerprint density at radius 2 is 2.00 bits per heavy atom. The Hall–Kier alpha value is -0.480. The summed E-state index contributed by atoms with van der Waals surface area (Å²) in [6, 6.07) is 2.75. The Morgan fingerprint density at radius 1 is 1.24 bits per heavy atom. The fourth-order valence-electron chi connectivity index (χ4n) is 5.58. The van der Waals surface area contributed by atoms with E-state index in [0.717, 1.165) is 12.3 Å². The highest BCUT2D eigenvalue weighted by atomic mass is 79.9. The zero-order chi connectivity index (χ0) is 14.8. The molecule has 5 atom stereocenters. The molecule has 0 spiro atoms. The van der Waals surface area contributed by atoms with Gasteiger partial charge in [0.05, 0.1) is 4.47 Å². The van der Waals surface area contributed by atoms with Gasteiger partial charge >= 0.3 is 0 Å². The van der Waals surface area contributed by atoms with E-state index in [0.29, 0.717) is 28.6 Å². The fourth-order valence-corrected chi connectivity index (χ4v) is 5.95. The van der Waals surface area contributed by atoms with Gasteiger partial charge in [-0.1, -0.05) is 6.42 Å². The molecule has 0 aliphatic heterocycles. The minimum Gasteiger partial charge on any atom is -0.325 e. The Bertz CT molecular complexity index is 590. The van der Waals surface area contributed by atoms with Gasteiger partial charge in [-0.25, -0.2) is 8.78 Å². The highest BCUT2D eigenvalue weighted by molar-refractivity contribution is 9.10. The summed E-state index contributed by atoms with van der Waals surface area (Å²) in [6.45, 7) is 0. The van der Waals surface area contributed by atoms with Gasteiger partial charge in [-0.3, -0.25) is 0 Å². The van der Waals surface area contributed by atoms with Crippen LogP contribution in [-0.4, -0.2) is 5.54 Å². The van der Waals surface area contributed by atoms with E-state index in [1.54, 1.807) is 0 Å². The maximum absolute atomic E-state index is 14.3. The van der Waals surface area contributed by atoms with Crippen molar-refractivity contribution in [1.82, 2.24) is 0 Å². The van der Waals surface area contributed by atoms with Crippen LogP contribution in [-0.2, 0) is 6.42 Å². The van der Waals surface area contributed by atoms with Crippen molar-refractivity contribution < 1.29 is 8.78 Å². The highest BCUT2D eigenvalue weighted by Crippen LogP contribution is 2.62. The summed E-state index contributed by atoms with van der Waals surface area (Å²) in [5.41, 5.74) is 6.41. The van der Waals surface area contributed by atoms with Crippen LogP contribution in [0.2, 0.25) is 0 Å². The summed E-state index contributed by atoms with van der Waals surface area (Å²) >= 11 is 3.15. The topological polar surface area (TPSA) is 26.0 Å². The van der Waals surface area contributed by atoms with Crippen molar-refractivity contribution in [1.29, 1.82) is 0 Å². The van der Waals surface area contributed by atoms with Crippen LogP contribution in [0.5, 0.6) is 0 Å². The van der Waals surface area contributed by atoms with Gasteiger partial charge in [-0.15, -0.1) is 0 Å². The lowest BCUT2D eigenvalue weighted by Crippen LogP contribution is -2.51. The monoisotopic (exact) mass is 355 g/mol. The fraction of sp³-hybridized carbons (Fsp3) is 0.647. The van der Waals surface area contributed by atoms with Crippen LogP contribution in [0.3, 0.4) is 0 Å². The molecule has 0 aromatic heterocycles. The second kappa shape index (κ2) is 4.76. The molecule has 1 aromatic rings. The first-order valence-electron chi connectivity index (χ1n) is 7.91. The number of rotatable bonds is 2. The molecule has 0 radical (unpaired) electrons. The number of benzene rings is 1. The van der Waals surface area contributed by atoms with Crippen LogP contribution >= 0.6 is 15.9 Å². The Kier molecular flexibility index (Phi) is 3.20. The quantitative estimate of drug-likeness (QED) is 0.780. The van der Waals surface area contributed by atoms with E-state index >= 15 is 0 Å². The zero-order valence-corrected chi connectivity index (χ0v) is 13.5. The van der Waals surface area contributed by atoms with Gasteiger partial charge in [0.2, 0.25) is 0 Å².